The normalized spacial score (nSPS) is 26.0. The highest BCUT2D eigenvalue weighted by molar-refractivity contribution is 7.14. The Morgan fingerprint density at radius 3 is 2.50 bits per heavy atom. The Morgan fingerprint density at radius 2 is 1.90 bits per heavy atom. The smallest absolute Gasteiger partial charge is 0.338 e. The van der Waals surface area contributed by atoms with Crippen molar-refractivity contribution in [2.45, 2.75) is 39.2 Å². The van der Waals surface area contributed by atoms with E-state index in [2.05, 4.69) is 24.5 Å². The average molecular weight is 296 g/mol. The minimum absolute atomic E-state index is 0.135. The van der Waals surface area contributed by atoms with Gasteiger partial charge in [0.05, 0.1) is 5.56 Å². The summed E-state index contributed by atoms with van der Waals surface area (Å²) >= 11 is 1.22. The highest BCUT2D eigenvalue weighted by Gasteiger charge is 2.25. The summed E-state index contributed by atoms with van der Waals surface area (Å²) in [4.78, 5) is 22.9. The van der Waals surface area contributed by atoms with Crippen LogP contribution in [0.5, 0.6) is 0 Å². The molecule has 1 fully saturated rings. The topological polar surface area (TPSA) is 78.4 Å². The third kappa shape index (κ3) is 3.72. The molecule has 1 heterocycles. The number of nitrogens with one attached hydrogen (secondary N) is 2. The highest BCUT2D eigenvalue weighted by Crippen LogP contribution is 2.29. The van der Waals surface area contributed by atoms with Gasteiger partial charge >= 0.3 is 12.0 Å². The Morgan fingerprint density at radius 1 is 1.25 bits per heavy atom. The van der Waals surface area contributed by atoms with Gasteiger partial charge in [0.1, 0.15) is 5.00 Å². The van der Waals surface area contributed by atoms with Gasteiger partial charge in [-0.1, -0.05) is 13.8 Å². The number of carbonyl (C=O) groups excluding carboxylic acids is 1. The van der Waals surface area contributed by atoms with Gasteiger partial charge in [0.25, 0.3) is 0 Å². The van der Waals surface area contributed by atoms with Crippen LogP contribution in [0, 0.1) is 11.8 Å². The maximum atomic E-state index is 12.0. The van der Waals surface area contributed by atoms with Crippen molar-refractivity contribution in [3.63, 3.8) is 0 Å². The quantitative estimate of drug-likeness (QED) is 0.800. The zero-order valence-electron chi connectivity index (χ0n) is 11.7. The molecule has 0 aliphatic heterocycles. The number of carboxylic acid groups (broad SMARTS) is 1. The van der Waals surface area contributed by atoms with Crippen LogP contribution in [-0.4, -0.2) is 23.1 Å². The Bertz CT molecular complexity index is 490. The van der Waals surface area contributed by atoms with Crippen molar-refractivity contribution in [1.82, 2.24) is 5.32 Å². The lowest BCUT2D eigenvalue weighted by molar-refractivity contribution is 0.0698. The number of aromatic carboxylic acids is 1. The number of rotatable bonds is 3. The number of hydrogen-bond donors (Lipinski definition) is 3. The summed E-state index contributed by atoms with van der Waals surface area (Å²) in [7, 11) is 0. The van der Waals surface area contributed by atoms with Crippen LogP contribution < -0.4 is 10.6 Å². The lowest BCUT2D eigenvalue weighted by Crippen LogP contribution is -2.42. The predicted molar refractivity (Wildman–Crippen MR) is 79.4 cm³/mol. The van der Waals surface area contributed by atoms with E-state index in [0.717, 1.165) is 12.8 Å². The first-order valence-electron chi connectivity index (χ1n) is 6.84. The van der Waals surface area contributed by atoms with Crippen LogP contribution in [0.4, 0.5) is 9.80 Å². The number of hydrogen-bond acceptors (Lipinski definition) is 3. The van der Waals surface area contributed by atoms with Crippen LogP contribution in [0.25, 0.3) is 0 Å². The molecular weight excluding hydrogens is 276 g/mol. The lowest BCUT2D eigenvalue weighted by atomic mass is 9.80. The maximum Gasteiger partial charge on any atom is 0.338 e. The summed E-state index contributed by atoms with van der Waals surface area (Å²) in [5, 5.41) is 16.6. The first kappa shape index (κ1) is 14.8. The zero-order valence-corrected chi connectivity index (χ0v) is 12.5. The van der Waals surface area contributed by atoms with Crippen molar-refractivity contribution in [3.05, 3.63) is 17.0 Å². The van der Waals surface area contributed by atoms with Gasteiger partial charge in [-0.25, -0.2) is 9.59 Å². The van der Waals surface area contributed by atoms with E-state index < -0.39 is 5.97 Å². The molecule has 20 heavy (non-hydrogen) atoms. The molecule has 1 aliphatic carbocycles. The van der Waals surface area contributed by atoms with Crippen molar-refractivity contribution < 1.29 is 14.7 Å². The van der Waals surface area contributed by atoms with Gasteiger partial charge in [0.2, 0.25) is 0 Å². The van der Waals surface area contributed by atoms with E-state index in [0.29, 0.717) is 16.8 Å². The molecule has 1 saturated carbocycles. The molecule has 0 spiro atoms. The zero-order chi connectivity index (χ0) is 14.7. The van der Waals surface area contributed by atoms with Crippen molar-refractivity contribution in [2.24, 2.45) is 11.8 Å². The standard InChI is InChI=1S/C14H20N2O3S/c1-8-5-9(2)7-10(6-8)15-14(19)16-12-11(13(17)18)3-4-20-12/h3-4,8-10H,5-7H2,1-2H3,(H,17,18)(H2,15,16,19). The van der Waals surface area contributed by atoms with Crippen molar-refractivity contribution in [3.8, 4) is 0 Å². The molecular formula is C14H20N2O3S. The highest BCUT2D eigenvalue weighted by atomic mass is 32.1. The van der Waals surface area contributed by atoms with E-state index in [-0.39, 0.29) is 17.6 Å². The van der Waals surface area contributed by atoms with Gasteiger partial charge in [-0.2, -0.15) is 0 Å². The maximum absolute atomic E-state index is 12.0. The summed E-state index contributed by atoms with van der Waals surface area (Å²) in [5.74, 6) is 0.196. The number of anilines is 1. The molecule has 1 aromatic rings. The number of amides is 2. The second kappa shape index (κ2) is 6.26. The summed E-state index contributed by atoms with van der Waals surface area (Å²) in [6.07, 6.45) is 3.16. The minimum Gasteiger partial charge on any atom is -0.478 e. The van der Waals surface area contributed by atoms with Crippen LogP contribution in [0.1, 0.15) is 43.5 Å². The van der Waals surface area contributed by atoms with E-state index in [4.69, 9.17) is 5.11 Å². The summed E-state index contributed by atoms with van der Waals surface area (Å²) < 4.78 is 0. The number of thiophene rings is 1. The van der Waals surface area contributed by atoms with E-state index in [1.54, 1.807) is 5.38 Å². The van der Waals surface area contributed by atoms with Gasteiger partial charge in [0, 0.05) is 6.04 Å². The third-order valence-corrected chi connectivity index (χ3v) is 4.47. The van der Waals surface area contributed by atoms with Crippen LogP contribution in [-0.2, 0) is 0 Å². The lowest BCUT2D eigenvalue weighted by Gasteiger charge is -2.31. The predicted octanol–water partition coefficient (Wildman–Crippen LogP) is 3.39. The second-order valence-electron chi connectivity index (χ2n) is 5.68. The molecule has 0 saturated heterocycles. The minimum atomic E-state index is -1.03. The fourth-order valence-electron chi connectivity index (χ4n) is 2.96. The first-order chi connectivity index (χ1) is 9.45. The SMILES string of the molecule is CC1CC(C)CC(NC(=O)Nc2sccc2C(=O)O)C1. The fourth-order valence-corrected chi connectivity index (χ4v) is 3.74. The van der Waals surface area contributed by atoms with Crippen molar-refractivity contribution >= 4 is 28.3 Å². The molecule has 3 N–H and O–H groups in total. The van der Waals surface area contributed by atoms with E-state index in [1.807, 2.05) is 0 Å². The Balaban J connectivity index is 1.92. The van der Waals surface area contributed by atoms with E-state index in [1.165, 1.54) is 23.8 Å². The molecule has 2 amide bonds. The Labute approximate surface area is 122 Å². The summed E-state index contributed by atoms with van der Waals surface area (Å²) in [5.41, 5.74) is 0.135. The third-order valence-electron chi connectivity index (χ3n) is 3.64. The number of carboxylic acids is 1. The van der Waals surface area contributed by atoms with Gasteiger partial charge < -0.3 is 10.4 Å². The largest absolute Gasteiger partial charge is 0.478 e. The number of carbonyl (C=O) groups is 2. The molecule has 1 aliphatic rings. The molecule has 110 valence electrons. The second-order valence-corrected chi connectivity index (χ2v) is 6.60. The van der Waals surface area contributed by atoms with Crippen LogP contribution >= 0.6 is 11.3 Å². The summed E-state index contributed by atoms with van der Waals surface area (Å²) in [6, 6.07) is 1.34. The van der Waals surface area contributed by atoms with E-state index >= 15 is 0 Å². The molecule has 1 aromatic heterocycles. The molecule has 6 heteroatoms. The summed E-state index contributed by atoms with van der Waals surface area (Å²) in [6.45, 7) is 4.40. The van der Waals surface area contributed by atoms with Gasteiger partial charge in [-0.05, 0) is 42.5 Å². The molecule has 2 rings (SSSR count). The number of urea groups is 1. The van der Waals surface area contributed by atoms with Crippen molar-refractivity contribution in [1.29, 1.82) is 0 Å². The molecule has 0 aromatic carbocycles. The molecule has 0 bridgehead atoms. The monoisotopic (exact) mass is 296 g/mol. The Hall–Kier alpha value is -1.56. The molecule has 0 radical (unpaired) electrons. The van der Waals surface area contributed by atoms with Crippen LogP contribution in [0.3, 0.4) is 0 Å². The van der Waals surface area contributed by atoms with Gasteiger partial charge in [0.15, 0.2) is 0 Å². The van der Waals surface area contributed by atoms with Crippen molar-refractivity contribution in [2.75, 3.05) is 5.32 Å². The van der Waals surface area contributed by atoms with E-state index in [9.17, 15) is 9.59 Å². The fraction of sp³-hybridized carbons (Fsp3) is 0.571. The molecule has 2 atom stereocenters. The van der Waals surface area contributed by atoms with Crippen LogP contribution in [0.2, 0.25) is 0 Å². The average Bonchev–Trinajstić information content (AvgIpc) is 2.75. The van der Waals surface area contributed by atoms with Crippen LogP contribution in [0.15, 0.2) is 11.4 Å². The van der Waals surface area contributed by atoms with Gasteiger partial charge in [-0.15, -0.1) is 11.3 Å². The first-order valence-corrected chi connectivity index (χ1v) is 7.72. The Kier molecular flexibility index (Phi) is 4.65. The van der Waals surface area contributed by atoms with Gasteiger partial charge in [-0.3, -0.25) is 5.32 Å². The molecule has 5 nitrogen and oxygen atoms in total. The molecule has 2 unspecified atom stereocenters.